The fourth-order valence-electron chi connectivity index (χ4n) is 2.44. The lowest BCUT2D eigenvalue weighted by Gasteiger charge is -2.32. The number of aliphatic carboxylic acids is 1. The highest BCUT2D eigenvalue weighted by molar-refractivity contribution is 5.92. The van der Waals surface area contributed by atoms with Crippen LogP contribution in [0, 0.1) is 12.8 Å². The van der Waals surface area contributed by atoms with Gasteiger partial charge >= 0.3 is 5.97 Å². The Balaban J connectivity index is 1.88. The van der Waals surface area contributed by atoms with Gasteiger partial charge in [0.15, 0.2) is 0 Å². The van der Waals surface area contributed by atoms with E-state index in [1.807, 2.05) is 0 Å². The van der Waals surface area contributed by atoms with Gasteiger partial charge in [-0.05, 0) is 25.7 Å². The van der Waals surface area contributed by atoms with Gasteiger partial charge < -0.3 is 19.8 Å². The van der Waals surface area contributed by atoms with Crippen LogP contribution in [0.5, 0.6) is 0 Å². The molecule has 1 saturated heterocycles. The summed E-state index contributed by atoms with van der Waals surface area (Å²) in [6, 6.07) is 0. The van der Waals surface area contributed by atoms with Crippen molar-refractivity contribution in [3.8, 4) is 0 Å². The second-order valence-electron chi connectivity index (χ2n) is 5.12. The summed E-state index contributed by atoms with van der Waals surface area (Å²) in [5.41, 5.74) is 0.737. The molecule has 1 aromatic rings. The fourth-order valence-corrected chi connectivity index (χ4v) is 2.44. The third-order valence-electron chi connectivity index (χ3n) is 3.46. The molecule has 0 radical (unpaired) electrons. The Morgan fingerprint density at radius 2 is 2.40 bits per heavy atom. The van der Waals surface area contributed by atoms with E-state index in [4.69, 9.17) is 9.63 Å². The molecule has 0 aliphatic carbocycles. The van der Waals surface area contributed by atoms with Gasteiger partial charge in [0.1, 0.15) is 0 Å². The van der Waals surface area contributed by atoms with Crippen molar-refractivity contribution in [3.05, 3.63) is 17.5 Å². The van der Waals surface area contributed by atoms with E-state index < -0.39 is 5.97 Å². The lowest BCUT2D eigenvalue weighted by Crippen LogP contribution is -2.43. The number of carbonyl (C=O) groups is 2. The number of nitrogens with zero attached hydrogens (tertiary/aromatic N) is 2. The first kappa shape index (κ1) is 14.5. The molecule has 1 aliphatic rings. The van der Waals surface area contributed by atoms with Crippen LogP contribution in [-0.2, 0) is 4.79 Å². The second-order valence-corrected chi connectivity index (χ2v) is 5.12. The van der Waals surface area contributed by atoms with E-state index >= 15 is 0 Å². The Kier molecular flexibility index (Phi) is 4.73. The predicted octanol–water partition coefficient (Wildman–Crippen LogP) is 0.509. The Labute approximate surface area is 116 Å². The van der Waals surface area contributed by atoms with Gasteiger partial charge in [0.05, 0.1) is 12.7 Å². The average molecular weight is 281 g/mol. The topological polar surface area (TPSA) is 95.7 Å². The first-order valence-electron chi connectivity index (χ1n) is 6.71. The van der Waals surface area contributed by atoms with E-state index in [0.717, 1.165) is 18.4 Å². The number of amides is 1. The second kappa shape index (κ2) is 6.51. The number of rotatable bonds is 5. The molecule has 1 aromatic heterocycles. The molecular weight excluding hydrogens is 262 g/mol. The van der Waals surface area contributed by atoms with Crippen LogP contribution < -0.4 is 5.32 Å². The minimum absolute atomic E-state index is 0.0499. The van der Waals surface area contributed by atoms with Crippen molar-refractivity contribution >= 4 is 11.9 Å². The van der Waals surface area contributed by atoms with Crippen LogP contribution in [0.3, 0.4) is 0 Å². The van der Waals surface area contributed by atoms with E-state index in [0.29, 0.717) is 25.4 Å². The van der Waals surface area contributed by atoms with Crippen molar-refractivity contribution in [3.63, 3.8) is 0 Å². The zero-order valence-corrected chi connectivity index (χ0v) is 11.5. The lowest BCUT2D eigenvalue weighted by atomic mass is 9.97. The van der Waals surface area contributed by atoms with E-state index in [1.165, 1.54) is 6.20 Å². The van der Waals surface area contributed by atoms with Crippen LogP contribution in [0.25, 0.3) is 0 Å². The molecule has 0 spiro atoms. The normalized spacial score (nSPS) is 19.1. The van der Waals surface area contributed by atoms with E-state index in [9.17, 15) is 9.59 Å². The summed E-state index contributed by atoms with van der Waals surface area (Å²) in [4.78, 5) is 24.5. The maximum Gasteiger partial charge on any atom is 0.317 e. The largest absolute Gasteiger partial charge is 0.480 e. The third-order valence-corrected chi connectivity index (χ3v) is 3.46. The summed E-state index contributed by atoms with van der Waals surface area (Å²) >= 11 is 0. The number of hydrogen-bond donors (Lipinski definition) is 2. The number of hydrogen-bond acceptors (Lipinski definition) is 5. The Hall–Kier alpha value is -1.89. The molecule has 0 bridgehead atoms. The number of aryl methyl sites for hydroxylation is 1. The molecule has 7 nitrogen and oxygen atoms in total. The number of likely N-dealkylation sites (tertiary alicyclic amines) is 1. The SMILES string of the molecule is Cc1cnoc1C(=O)N1CCCC(CNCC(=O)O)C1. The van der Waals surface area contributed by atoms with Gasteiger partial charge in [0.2, 0.25) is 5.76 Å². The van der Waals surface area contributed by atoms with Crippen LogP contribution in [0.1, 0.15) is 29.0 Å². The first-order chi connectivity index (χ1) is 9.58. The zero-order chi connectivity index (χ0) is 14.5. The number of carbonyl (C=O) groups excluding carboxylic acids is 1. The highest BCUT2D eigenvalue weighted by atomic mass is 16.5. The van der Waals surface area contributed by atoms with Gasteiger partial charge in [-0.25, -0.2) is 0 Å². The molecule has 2 N–H and O–H groups in total. The number of aromatic nitrogens is 1. The summed E-state index contributed by atoms with van der Waals surface area (Å²) < 4.78 is 4.99. The molecule has 1 fully saturated rings. The van der Waals surface area contributed by atoms with Crippen molar-refractivity contribution < 1.29 is 19.2 Å². The molecule has 1 aliphatic heterocycles. The maximum atomic E-state index is 12.3. The van der Waals surface area contributed by atoms with Crippen LogP contribution in [0.4, 0.5) is 0 Å². The molecule has 2 rings (SSSR count). The summed E-state index contributed by atoms with van der Waals surface area (Å²) in [6.45, 7) is 3.66. The molecule has 0 saturated carbocycles. The highest BCUT2D eigenvalue weighted by Gasteiger charge is 2.27. The van der Waals surface area contributed by atoms with E-state index in [1.54, 1.807) is 11.8 Å². The molecular formula is C13H19N3O4. The van der Waals surface area contributed by atoms with Crippen LogP contribution in [-0.4, -0.2) is 53.2 Å². The minimum Gasteiger partial charge on any atom is -0.480 e. The Morgan fingerprint density at radius 1 is 1.60 bits per heavy atom. The summed E-state index contributed by atoms with van der Waals surface area (Å²) in [6.07, 6.45) is 3.44. The molecule has 1 atom stereocenters. The van der Waals surface area contributed by atoms with E-state index in [2.05, 4.69) is 10.5 Å². The molecule has 1 amide bonds. The zero-order valence-electron chi connectivity index (χ0n) is 11.5. The smallest absolute Gasteiger partial charge is 0.317 e. The Morgan fingerprint density at radius 3 is 3.05 bits per heavy atom. The van der Waals surface area contributed by atoms with Crippen LogP contribution in [0.15, 0.2) is 10.7 Å². The van der Waals surface area contributed by atoms with Crippen LogP contribution >= 0.6 is 0 Å². The average Bonchev–Trinajstić information content (AvgIpc) is 2.84. The quantitative estimate of drug-likeness (QED) is 0.816. The molecule has 0 aromatic carbocycles. The molecule has 110 valence electrons. The van der Waals surface area contributed by atoms with Gasteiger partial charge in [0.25, 0.3) is 5.91 Å². The van der Waals surface area contributed by atoms with E-state index in [-0.39, 0.29) is 18.4 Å². The minimum atomic E-state index is -0.869. The number of nitrogens with one attached hydrogen (secondary N) is 1. The monoisotopic (exact) mass is 281 g/mol. The Bertz CT molecular complexity index is 486. The van der Waals surface area contributed by atoms with Crippen molar-refractivity contribution in [2.24, 2.45) is 5.92 Å². The van der Waals surface area contributed by atoms with Crippen LogP contribution in [0.2, 0.25) is 0 Å². The van der Waals surface area contributed by atoms with Crippen molar-refractivity contribution in [2.75, 3.05) is 26.2 Å². The predicted molar refractivity (Wildman–Crippen MR) is 70.4 cm³/mol. The summed E-state index contributed by atoms with van der Waals surface area (Å²) in [5.74, 6) is -0.437. The molecule has 7 heteroatoms. The van der Waals surface area contributed by atoms with Gasteiger partial charge in [-0.2, -0.15) is 0 Å². The van der Waals surface area contributed by atoms with Crippen molar-refractivity contribution in [2.45, 2.75) is 19.8 Å². The first-order valence-corrected chi connectivity index (χ1v) is 6.71. The number of carboxylic acids is 1. The molecule has 1 unspecified atom stereocenters. The lowest BCUT2D eigenvalue weighted by molar-refractivity contribution is -0.136. The molecule has 2 heterocycles. The summed E-state index contributed by atoms with van der Waals surface area (Å²) in [5, 5.41) is 15.1. The highest BCUT2D eigenvalue weighted by Crippen LogP contribution is 2.19. The standard InChI is InChI=1S/C13H19N3O4/c1-9-5-15-20-12(9)13(19)16-4-2-3-10(8-16)6-14-7-11(17)18/h5,10,14H,2-4,6-8H2,1H3,(H,17,18). The van der Waals surface area contributed by atoms with Gasteiger partial charge in [0, 0.05) is 25.2 Å². The molecule has 20 heavy (non-hydrogen) atoms. The third kappa shape index (κ3) is 3.57. The summed E-state index contributed by atoms with van der Waals surface area (Å²) in [7, 11) is 0. The van der Waals surface area contributed by atoms with Crippen molar-refractivity contribution in [1.82, 2.24) is 15.4 Å². The maximum absolute atomic E-state index is 12.3. The van der Waals surface area contributed by atoms with Crippen molar-refractivity contribution in [1.29, 1.82) is 0 Å². The van der Waals surface area contributed by atoms with Gasteiger partial charge in [-0.1, -0.05) is 5.16 Å². The number of carboxylic acid groups (broad SMARTS) is 1. The van der Waals surface area contributed by atoms with Gasteiger partial charge in [-0.3, -0.25) is 9.59 Å². The van der Waals surface area contributed by atoms with Gasteiger partial charge in [-0.15, -0.1) is 0 Å². The number of piperidine rings is 1. The fraction of sp³-hybridized carbons (Fsp3) is 0.615.